The summed E-state index contributed by atoms with van der Waals surface area (Å²) in [5.74, 6) is 0.476. The summed E-state index contributed by atoms with van der Waals surface area (Å²) >= 11 is 0. The molecule has 0 bridgehead atoms. The first kappa shape index (κ1) is 16.0. The Morgan fingerprint density at radius 3 is 3.16 bits per heavy atom. The first-order valence-corrected chi connectivity index (χ1v) is 6.04. The minimum Gasteiger partial charge on any atom is -0.506 e. The lowest BCUT2D eigenvalue weighted by Crippen LogP contribution is -2.37. The number of pyridine rings is 1. The number of aromatic hydroxyl groups is 1. The van der Waals surface area contributed by atoms with Gasteiger partial charge in [-0.05, 0) is 25.0 Å². The van der Waals surface area contributed by atoms with Crippen LogP contribution in [0.1, 0.15) is 18.5 Å². The first-order chi connectivity index (χ1) is 8.75. The molecular formula is C12H19IN4O2. The van der Waals surface area contributed by atoms with E-state index in [0.29, 0.717) is 18.2 Å². The predicted octanol–water partition coefficient (Wildman–Crippen LogP) is 0.988. The lowest BCUT2D eigenvalue weighted by molar-refractivity contribution is 0.114. The molecule has 2 heterocycles. The van der Waals surface area contributed by atoms with E-state index in [1.165, 1.54) is 0 Å². The Balaban J connectivity index is 0.00000180. The van der Waals surface area contributed by atoms with Crippen molar-refractivity contribution in [1.29, 1.82) is 0 Å². The van der Waals surface area contributed by atoms with Gasteiger partial charge in [0.05, 0.1) is 12.6 Å². The molecule has 1 saturated heterocycles. The fraction of sp³-hybridized carbons (Fsp3) is 0.500. The van der Waals surface area contributed by atoms with Gasteiger partial charge in [-0.1, -0.05) is 0 Å². The average Bonchev–Trinajstić information content (AvgIpc) is 2.88. The summed E-state index contributed by atoms with van der Waals surface area (Å²) in [6, 6.07) is 3.25. The van der Waals surface area contributed by atoms with Gasteiger partial charge >= 0.3 is 0 Å². The van der Waals surface area contributed by atoms with Gasteiger partial charge in [-0.15, -0.1) is 24.0 Å². The molecule has 4 N–H and O–H groups in total. The topological polar surface area (TPSA) is 92.8 Å². The number of aliphatic imine (C=N–C) groups is 1. The number of hydrogen-bond acceptors (Lipinski definition) is 4. The van der Waals surface area contributed by atoms with Crippen LogP contribution in [0.3, 0.4) is 0 Å². The highest BCUT2D eigenvalue weighted by Crippen LogP contribution is 2.13. The number of ether oxygens (including phenoxy) is 1. The lowest BCUT2D eigenvalue weighted by Gasteiger charge is -2.11. The summed E-state index contributed by atoms with van der Waals surface area (Å²) in [6.07, 6.45) is 3.99. The summed E-state index contributed by atoms with van der Waals surface area (Å²) in [5, 5.41) is 12.5. The van der Waals surface area contributed by atoms with Crippen LogP contribution in [0.15, 0.2) is 23.3 Å². The number of aromatic nitrogens is 1. The number of guanidine groups is 1. The second-order valence-electron chi connectivity index (χ2n) is 4.19. The maximum absolute atomic E-state index is 9.51. The Morgan fingerprint density at radius 1 is 1.63 bits per heavy atom. The summed E-state index contributed by atoms with van der Waals surface area (Å²) in [4.78, 5) is 8.14. The van der Waals surface area contributed by atoms with Crippen LogP contribution in [-0.2, 0) is 11.3 Å². The number of nitrogens with two attached hydrogens (primary N) is 1. The van der Waals surface area contributed by atoms with Crippen molar-refractivity contribution < 1.29 is 9.84 Å². The highest BCUT2D eigenvalue weighted by Gasteiger charge is 2.14. The molecule has 7 heteroatoms. The molecule has 1 fully saturated rings. The molecule has 19 heavy (non-hydrogen) atoms. The van der Waals surface area contributed by atoms with Gasteiger partial charge in [0.15, 0.2) is 5.96 Å². The minimum absolute atomic E-state index is 0. The molecule has 1 aromatic rings. The number of hydrogen-bond donors (Lipinski definition) is 3. The van der Waals surface area contributed by atoms with Crippen LogP contribution in [-0.4, -0.2) is 35.3 Å². The normalized spacial score (nSPS) is 18.9. The van der Waals surface area contributed by atoms with Crippen LogP contribution in [0.25, 0.3) is 0 Å². The van der Waals surface area contributed by atoms with Crippen molar-refractivity contribution >= 4 is 29.9 Å². The van der Waals surface area contributed by atoms with E-state index in [4.69, 9.17) is 10.5 Å². The largest absolute Gasteiger partial charge is 0.506 e. The van der Waals surface area contributed by atoms with Crippen LogP contribution in [0, 0.1) is 0 Å². The van der Waals surface area contributed by atoms with Crippen LogP contribution >= 0.6 is 24.0 Å². The van der Waals surface area contributed by atoms with Gasteiger partial charge in [-0.25, -0.2) is 4.99 Å². The van der Waals surface area contributed by atoms with Gasteiger partial charge in [-0.3, -0.25) is 4.98 Å². The van der Waals surface area contributed by atoms with E-state index in [-0.39, 0.29) is 42.4 Å². The van der Waals surface area contributed by atoms with Gasteiger partial charge in [0.1, 0.15) is 11.4 Å². The molecule has 0 aliphatic carbocycles. The minimum atomic E-state index is 0. The molecular weight excluding hydrogens is 359 g/mol. The van der Waals surface area contributed by atoms with E-state index in [1.807, 2.05) is 0 Å². The number of nitrogens with one attached hydrogen (secondary N) is 1. The molecule has 0 radical (unpaired) electrons. The van der Waals surface area contributed by atoms with Crippen LogP contribution < -0.4 is 11.1 Å². The summed E-state index contributed by atoms with van der Waals surface area (Å²) in [7, 11) is 0. The summed E-state index contributed by atoms with van der Waals surface area (Å²) in [5.41, 5.74) is 6.24. The van der Waals surface area contributed by atoms with Crippen molar-refractivity contribution in [2.45, 2.75) is 25.5 Å². The molecule has 106 valence electrons. The molecule has 0 amide bonds. The van der Waals surface area contributed by atoms with Gasteiger partial charge in [0, 0.05) is 19.3 Å². The maximum atomic E-state index is 9.51. The lowest BCUT2D eigenvalue weighted by atomic mass is 10.2. The molecule has 1 aliphatic heterocycles. The number of halogens is 1. The number of nitrogens with zero attached hydrogens (tertiary/aromatic N) is 2. The molecule has 0 spiro atoms. The molecule has 0 saturated carbocycles. The van der Waals surface area contributed by atoms with Gasteiger partial charge in [0.2, 0.25) is 0 Å². The third-order valence-electron chi connectivity index (χ3n) is 2.80. The first-order valence-electron chi connectivity index (χ1n) is 6.04. The fourth-order valence-electron chi connectivity index (χ4n) is 1.79. The van der Waals surface area contributed by atoms with E-state index >= 15 is 0 Å². The Labute approximate surface area is 129 Å². The Hall–Kier alpha value is -1.09. The van der Waals surface area contributed by atoms with E-state index in [0.717, 1.165) is 19.4 Å². The zero-order valence-electron chi connectivity index (χ0n) is 10.6. The Bertz CT molecular complexity index is 422. The molecule has 1 atom stereocenters. The zero-order valence-corrected chi connectivity index (χ0v) is 12.9. The quantitative estimate of drug-likeness (QED) is 0.413. The fourth-order valence-corrected chi connectivity index (χ4v) is 1.79. The molecule has 1 unspecified atom stereocenters. The van der Waals surface area contributed by atoms with Crippen molar-refractivity contribution in [2.24, 2.45) is 10.7 Å². The maximum Gasteiger partial charge on any atom is 0.189 e. The Kier molecular flexibility index (Phi) is 6.85. The van der Waals surface area contributed by atoms with E-state index in [9.17, 15) is 5.11 Å². The van der Waals surface area contributed by atoms with E-state index in [1.54, 1.807) is 18.3 Å². The smallest absolute Gasteiger partial charge is 0.189 e. The second kappa shape index (κ2) is 8.16. The predicted molar refractivity (Wildman–Crippen MR) is 83.6 cm³/mol. The average molecular weight is 378 g/mol. The Morgan fingerprint density at radius 2 is 2.47 bits per heavy atom. The van der Waals surface area contributed by atoms with Crippen molar-refractivity contribution in [3.05, 3.63) is 24.0 Å². The molecule has 0 aromatic carbocycles. The van der Waals surface area contributed by atoms with Gasteiger partial charge in [0.25, 0.3) is 0 Å². The second-order valence-corrected chi connectivity index (χ2v) is 4.19. The van der Waals surface area contributed by atoms with Crippen LogP contribution in [0.2, 0.25) is 0 Å². The summed E-state index contributed by atoms with van der Waals surface area (Å²) < 4.78 is 5.46. The zero-order chi connectivity index (χ0) is 12.8. The summed E-state index contributed by atoms with van der Waals surface area (Å²) in [6.45, 7) is 1.76. The molecule has 6 nitrogen and oxygen atoms in total. The third-order valence-corrected chi connectivity index (χ3v) is 2.80. The standard InChI is InChI=1S/C12H18N4O2.HI/c13-12(15-7-9-3-2-6-18-9)16-8-10-11(17)4-1-5-14-10;/h1,4-5,9,17H,2-3,6-8H2,(H3,13,15,16);1H. The SMILES string of the molecule is I.NC(=NCc1ncccc1O)NCC1CCCO1. The van der Waals surface area contributed by atoms with Crippen LogP contribution in [0.4, 0.5) is 0 Å². The van der Waals surface area contributed by atoms with E-state index < -0.39 is 0 Å². The van der Waals surface area contributed by atoms with E-state index in [2.05, 4.69) is 15.3 Å². The van der Waals surface area contributed by atoms with Gasteiger partial charge in [-0.2, -0.15) is 0 Å². The van der Waals surface area contributed by atoms with Crippen LogP contribution in [0.5, 0.6) is 5.75 Å². The highest BCUT2D eigenvalue weighted by molar-refractivity contribution is 14.0. The third kappa shape index (κ3) is 5.19. The van der Waals surface area contributed by atoms with Crippen molar-refractivity contribution in [2.75, 3.05) is 13.2 Å². The molecule has 1 aromatic heterocycles. The van der Waals surface area contributed by atoms with Gasteiger partial charge < -0.3 is 20.9 Å². The van der Waals surface area contributed by atoms with Crippen molar-refractivity contribution in [3.8, 4) is 5.75 Å². The monoisotopic (exact) mass is 378 g/mol. The number of rotatable bonds is 4. The highest BCUT2D eigenvalue weighted by atomic mass is 127. The van der Waals surface area contributed by atoms with Crippen molar-refractivity contribution in [3.63, 3.8) is 0 Å². The molecule has 2 rings (SSSR count). The molecule has 1 aliphatic rings. The van der Waals surface area contributed by atoms with Crippen molar-refractivity contribution in [1.82, 2.24) is 10.3 Å².